The molecule has 0 aromatic carbocycles. The van der Waals surface area contributed by atoms with Gasteiger partial charge in [0.15, 0.2) is 0 Å². The van der Waals surface area contributed by atoms with Gasteiger partial charge in [-0.2, -0.15) is 0 Å². The molecule has 0 bridgehead atoms. The van der Waals surface area contributed by atoms with E-state index in [4.69, 9.17) is 9.15 Å². The van der Waals surface area contributed by atoms with Crippen LogP contribution in [0.4, 0.5) is 0 Å². The van der Waals surface area contributed by atoms with Crippen LogP contribution >= 0.6 is 0 Å². The maximum absolute atomic E-state index is 11.4. The molecule has 0 aliphatic carbocycles. The van der Waals surface area contributed by atoms with Gasteiger partial charge in [0.25, 0.3) is 0 Å². The summed E-state index contributed by atoms with van der Waals surface area (Å²) in [5.41, 5.74) is 0. The highest BCUT2D eigenvalue weighted by molar-refractivity contribution is 5.86. The fraction of sp³-hybridized carbons (Fsp3) is 0.583. The second-order valence-corrected chi connectivity index (χ2v) is 4.11. The highest BCUT2D eigenvalue weighted by Crippen LogP contribution is 2.14. The molecule has 1 saturated heterocycles. The zero-order valence-electron chi connectivity index (χ0n) is 9.28. The molecule has 0 spiro atoms. The average Bonchev–Trinajstić information content (AvgIpc) is 2.84. The Morgan fingerprint density at radius 1 is 1.62 bits per heavy atom. The minimum Gasteiger partial charge on any atom is -0.460 e. The summed E-state index contributed by atoms with van der Waals surface area (Å²) in [6, 6.07) is 3.30. The minimum atomic E-state index is -0.367. The number of hydrogen-bond acceptors (Lipinski definition) is 4. The third kappa shape index (κ3) is 3.10. The predicted molar refractivity (Wildman–Crippen MR) is 59.2 cm³/mol. The van der Waals surface area contributed by atoms with Crippen LogP contribution in [-0.4, -0.2) is 25.7 Å². The first-order chi connectivity index (χ1) is 7.86. The maximum atomic E-state index is 11.4. The Kier molecular flexibility index (Phi) is 3.99. The summed E-state index contributed by atoms with van der Waals surface area (Å²) in [6.45, 7) is 2.63. The van der Waals surface area contributed by atoms with Crippen LogP contribution in [0.1, 0.15) is 29.8 Å². The van der Waals surface area contributed by atoms with Crippen molar-refractivity contribution in [1.29, 1.82) is 0 Å². The van der Waals surface area contributed by atoms with Crippen molar-refractivity contribution < 1.29 is 13.9 Å². The van der Waals surface area contributed by atoms with Gasteiger partial charge in [0.1, 0.15) is 0 Å². The molecule has 1 N–H and O–H groups in total. The quantitative estimate of drug-likeness (QED) is 0.791. The van der Waals surface area contributed by atoms with Gasteiger partial charge < -0.3 is 14.5 Å². The molecule has 16 heavy (non-hydrogen) atoms. The number of furan rings is 1. The molecule has 0 amide bonds. The van der Waals surface area contributed by atoms with Crippen molar-refractivity contribution in [3.05, 3.63) is 24.2 Å². The van der Waals surface area contributed by atoms with Gasteiger partial charge >= 0.3 is 5.97 Å². The summed E-state index contributed by atoms with van der Waals surface area (Å²) in [7, 11) is 0. The largest absolute Gasteiger partial charge is 0.460 e. The molecule has 88 valence electrons. The molecule has 1 aromatic heterocycles. The molecule has 1 aromatic rings. The van der Waals surface area contributed by atoms with Crippen molar-refractivity contribution in [2.75, 3.05) is 19.7 Å². The second kappa shape index (κ2) is 5.70. The number of rotatable bonds is 4. The van der Waals surface area contributed by atoms with E-state index in [2.05, 4.69) is 5.32 Å². The van der Waals surface area contributed by atoms with E-state index < -0.39 is 0 Å². The number of ether oxygens (including phenoxy) is 1. The standard InChI is InChI=1S/C12H17NO3/c14-12(11-4-2-7-15-11)16-8-5-10-3-1-6-13-9-10/h2,4,7,10,13H,1,3,5-6,8-9H2/t10-/m1/s1. The Bertz CT molecular complexity index is 315. The van der Waals surface area contributed by atoms with E-state index >= 15 is 0 Å². The fourth-order valence-corrected chi connectivity index (χ4v) is 1.95. The molecular formula is C12H17NO3. The van der Waals surface area contributed by atoms with E-state index in [0.29, 0.717) is 12.5 Å². The number of hydrogen-bond donors (Lipinski definition) is 1. The van der Waals surface area contributed by atoms with Gasteiger partial charge in [-0.05, 0) is 50.4 Å². The summed E-state index contributed by atoms with van der Waals surface area (Å²) in [5.74, 6) is 0.550. The lowest BCUT2D eigenvalue weighted by Gasteiger charge is -2.22. The van der Waals surface area contributed by atoms with Gasteiger partial charge in [0, 0.05) is 0 Å². The van der Waals surface area contributed by atoms with Gasteiger partial charge in [0.05, 0.1) is 12.9 Å². The van der Waals surface area contributed by atoms with Crippen LogP contribution in [-0.2, 0) is 4.74 Å². The van der Waals surface area contributed by atoms with Crippen molar-refractivity contribution in [2.24, 2.45) is 5.92 Å². The lowest BCUT2D eigenvalue weighted by Crippen LogP contribution is -2.30. The zero-order chi connectivity index (χ0) is 11.2. The predicted octanol–water partition coefficient (Wildman–Crippen LogP) is 1.83. The lowest BCUT2D eigenvalue weighted by atomic mass is 9.97. The Labute approximate surface area is 95.0 Å². The highest BCUT2D eigenvalue weighted by atomic mass is 16.5. The van der Waals surface area contributed by atoms with E-state index in [1.807, 2.05) is 0 Å². The Hall–Kier alpha value is -1.29. The van der Waals surface area contributed by atoms with Crippen LogP contribution < -0.4 is 5.32 Å². The molecule has 2 heterocycles. The van der Waals surface area contributed by atoms with Gasteiger partial charge in [-0.1, -0.05) is 0 Å². The molecule has 0 unspecified atom stereocenters. The maximum Gasteiger partial charge on any atom is 0.374 e. The van der Waals surface area contributed by atoms with E-state index in [1.54, 1.807) is 12.1 Å². The highest BCUT2D eigenvalue weighted by Gasteiger charge is 2.14. The van der Waals surface area contributed by atoms with Gasteiger partial charge in [0.2, 0.25) is 5.76 Å². The molecular weight excluding hydrogens is 206 g/mol. The summed E-state index contributed by atoms with van der Waals surface area (Å²) in [6.07, 6.45) is 4.85. The Morgan fingerprint density at radius 3 is 3.25 bits per heavy atom. The number of nitrogens with one attached hydrogen (secondary N) is 1. The number of piperidine rings is 1. The number of esters is 1. The van der Waals surface area contributed by atoms with Crippen LogP contribution in [0.3, 0.4) is 0 Å². The summed E-state index contributed by atoms with van der Waals surface area (Å²) >= 11 is 0. The summed E-state index contributed by atoms with van der Waals surface area (Å²) < 4.78 is 10.1. The molecule has 0 saturated carbocycles. The van der Waals surface area contributed by atoms with Crippen LogP contribution in [0.25, 0.3) is 0 Å². The third-order valence-electron chi connectivity index (χ3n) is 2.88. The Morgan fingerprint density at radius 2 is 2.56 bits per heavy atom. The van der Waals surface area contributed by atoms with E-state index in [0.717, 1.165) is 19.5 Å². The monoisotopic (exact) mass is 223 g/mol. The topological polar surface area (TPSA) is 51.5 Å². The number of carbonyl (C=O) groups excluding carboxylic acids is 1. The minimum absolute atomic E-state index is 0.279. The molecule has 4 heteroatoms. The SMILES string of the molecule is O=C(OCC[C@H]1CCCNC1)c1ccco1. The molecule has 1 fully saturated rings. The van der Waals surface area contributed by atoms with Gasteiger partial charge in [-0.15, -0.1) is 0 Å². The van der Waals surface area contributed by atoms with Crippen LogP contribution in [0, 0.1) is 5.92 Å². The summed E-state index contributed by atoms with van der Waals surface area (Å²) in [4.78, 5) is 11.4. The first-order valence-corrected chi connectivity index (χ1v) is 5.77. The van der Waals surface area contributed by atoms with E-state index in [1.165, 1.54) is 19.1 Å². The summed E-state index contributed by atoms with van der Waals surface area (Å²) in [5, 5.41) is 3.34. The average molecular weight is 223 g/mol. The van der Waals surface area contributed by atoms with E-state index in [9.17, 15) is 4.79 Å². The van der Waals surface area contributed by atoms with Crippen molar-refractivity contribution in [2.45, 2.75) is 19.3 Å². The lowest BCUT2D eigenvalue weighted by molar-refractivity contribution is 0.0441. The Balaban J connectivity index is 1.66. The molecule has 1 aliphatic rings. The van der Waals surface area contributed by atoms with Crippen molar-refractivity contribution in [1.82, 2.24) is 5.32 Å². The van der Waals surface area contributed by atoms with Crippen LogP contribution in [0.15, 0.2) is 22.8 Å². The normalized spacial score (nSPS) is 20.6. The van der Waals surface area contributed by atoms with Crippen LogP contribution in [0.5, 0.6) is 0 Å². The third-order valence-corrected chi connectivity index (χ3v) is 2.88. The second-order valence-electron chi connectivity index (χ2n) is 4.11. The molecule has 1 aliphatic heterocycles. The first-order valence-electron chi connectivity index (χ1n) is 5.77. The van der Waals surface area contributed by atoms with Gasteiger partial charge in [-0.25, -0.2) is 4.79 Å². The van der Waals surface area contributed by atoms with Crippen molar-refractivity contribution in [3.8, 4) is 0 Å². The van der Waals surface area contributed by atoms with E-state index in [-0.39, 0.29) is 11.7 Å². The zero-order valence-corrected chi connectivity index (χ0v) is 9.28. The van der Waals surface area contributed by atoms with Crippen molar-refractivity contribution >= 4 is 5.97 Å². The number of carbonyl (C=O) groups is 1. The van der Waals surface area contributed by atoms with Gasteiger partial charge in [-0.3, -0.25) is 0 Å². The van der Waals surface area contributed by atoms with Crippen LogP contribution in [0.2, 0.25) is 0 Å². The first kappa shape index (κ1) is 11.2. The fourth-order valence-electron chi connectivity index (χ4n) is 1.95. The molecule has 4 nitrogen and oxygen atoms in total. The molecule has 0 radical (unpaired) electrons. The molecule has 2 rings (SSSR count). The molecule has 1 atom stereocenters. The van der Waals surface area contributed by atoms with Crippen molar-refractivity contribution in [3.63, 3.8) is 0 Å². The smallest absolute Gasteiger partial charge is 0.374 e.